The first kappa shape index (κ1) is 25.3. The summed E-state index contributed by atoms with van der Waals surface area (Å²) < 4.78 is 7.40. The van der Waals surface area contributed by atoms with E-state index < -0.39 is 5.60 Å². The van der Waals surface area contributed by atoms with Gasteiger partial charge in [0, 0.05) is 43.2 Å². The Balaban J connectivity index is 1.43. The second-order valence-corrected chi connectivity index (χ2v) is 11.2. The van der Waals surface area contributed by atoms with E-state index in [1.807, 2.05) is 31.0 Å². The Bertz CT molecular complexity index is 1450. The number of likely N-dealkylation sites (tertiary alicyclic amines) is 1. The molecule has 0 bridgehead atoms. The largest absolute Gasteiger partial charge is 0.496 e. The summed E-state index contributed by atoms with van der Waals surface area (Å²) in [6.07, 6.45) is 4.48. The number of piperidine rings is 1. The third-order valence-electron chi connectivity index (χ3n) is 6.91. The SMILES string of the molecule is COc1cc2c(cc1C(=O)N1CCC(Cc3csc(C)n3)CC1)c(-c1ccnc(C(C)(C)O)n1)nn2C. The van der Waals surface area contributed by atoms with Crippen molar-refractivity contribution in [1.82, 2.24) is 29.6 Å². The molecule has 1 amide bonds. The zero-order chi connectivity index (χ0) is 26.3. The van der Waals surface area contributed by atoms with Gasteiger partial charge in [0.1, 0.15) is 17.0 Å². The van der Waals surface area contributed by atoms with Crippen LogP contribution in [0.25, 0.3) is 22.3 Å². The molecule has 4 aromatic rings. The Kier molecular flexibility index (Phi) is 6.72. The lowest BCUT2D eigenvalue weighted by Crippen LogP contribution is -2.39. The molecule has 0 spiro atoms. The number of carbonyl (C=O) groups is 1. The zero-order valence-electron chi connectivity index (χ0n) is 21.9. The van der Waals surface area contributed by atoms with Crippen LogP contribution in [0.3, 0.4) is 0 Å². The third kappa shape index (κ3) is 5.08. The van der Waals surface area contributed by atoms with E-state index in [2.05, 4.69) is 25.4 Å². The van der Waals surface area contributed by atoms with Crippen molar-refractivity contribution in [3.05, 3.63) is 51.9 Å². The molecule has 1 aliphatic rings. The first-order valence-corrected chi connectivity index (χ1v) is 13.3. The second kappa shape index (κ2) is 9.83. The number of hydrogen-bond donors (Lipinski definition) is 1. The molecule has 0 unspecified atom stereocenters. The minimum Gasteiger partial charge on any atom is -0.496 e. The number of aromatic nitrogens is 5. The molecule has 9 nitrogen and oxygen atoms in total. The van der Waals surface area contributed by atoms with Gasteiger partial charge in [-0.15, -0.1) is 11.3 Å². The van der Waals surface area contributed by atoms with Crippen LogP contribution in [0.1, 0.15) is 53.6 Å². The van der Waals surface area contributed by atoms with Crippen LogP contribution in [0, 0.1) is 12.8 Å². The highest BCUT2D eigenvalue weighted by molar-refractivity contribution is 7.09. The Morgan fingerprint density at radius 3 is 2.65 bits per heavy atom. The van der Waals surface area contributed by atoms with Gasteiger partial charge in [-0.05, 0) is 58.1 Å². The maximum atomic E-state index is 13.7. The highest BCUT2D eigenvalue weighted by atomic mass is 32.1. The van der Waals surface area contributed by atoms with E-state index >= 15 is 0 Å². The number of methoxy groups -OCH3 is 1. The van der Waals surface area contributed by atoms with Crippen molar-refractivity contribution in [2.24, 2.45) is 13.0 Å². The molecule has 194 valence electrons. The smallest absolute Gasteiger partial charge is 0.257 e. The van der Waals surface area contributed by atoms with E-state index in [0.29, 0.717) is 47.5 Å². The summed E-state index contributed by atoms with van der Waals surface area (Å²) in [7, 11) is 3.43. The van der Waals surface area contributed by atoms with Gasteiger partial charge in [-0.25, -0.2) is 15.0 Å². The number of rotatable bonds is 6. The van der Waals surface area contributed by atoms with E-state index in [-0.39, 0.29) is 5.91 Å². The average Bonchev–Trinajstić information content (AvgIpc) is 3.44. The molecule has 1 saturated heterocycles. The maximum Gasteiger partial charge on any atom is 0.257 e. The Morgan fingerprint density at radius 2 is 2.00 bits per heavy atom. The van der Waals surface area contributed by atoms with Crippen LogP contribution in [0.2, 0.25) is 0 Å². The average molecular weight is 521 g/mol. The highest BCUT2D eigenvalue weighted by Gasteiger charge is 2.28. The van der Waals surface area contributed by atoms with Gasteiger partial charge in [0.25, 0.3) is 5.91 Å². The number of ether oxygens (including phenoxy) is 1. The monoisotopic (exact) mass is 520 g/mol. The minimum absolute atomic E-state index is 0.0450. The Labute approximate surface area is 220 Å². The molecule has 0 aliphatic carbocycles. The summed E-state index contributed by atoms with van der Waals surface area (Å²) in [6.45, 7) is 6.73. The summed E-state index contributed by atoms with van der Waals surface area (Å²) in [6, 6.07) is 5.47. The molecular weight excluding hydrogens is 488 g/mol. The lowest BCUT2D eigenvalue weighted by molar-refractivity contribution is 0.0681. The van der Waals surface area contributed by atoms with Crippen molar-refractivity contribution >= 4 is 28.1 Å². The number of aliphatic hydroxyl groups is 1. The summed E-state index contributed by atoms with van der Waals surface area (Å²) in [4.78, 5) is 29.0. The molecule has 1 fully saturated rings. The number of benzene rings is 1. The minimum atomic E-state index is -1.19. The van der Waals surface area contributed by atoms with Gasteiger partial charge in [-0.3, -0.25) is 9.48 Å². The first-order valence-electron chi connectivity index (χ1n) is 12.5. The molecule has 0 atom stereocenters. The van der Waals surface area contributed by atoms with E-state index in [4.69, 9.17) is 4.74 Å². The van der Waals surface area contributed by atoms with E-state index in [1.54, 1.807) is 49.2 Å². The lowest BCUT2D eigenvalue weighted by Gasteiger charge is -2.32. The molecular formula is C27H32N6O3S. The van der Waals surface area contributed by atoms with Crippen molar-refractivity contribution < 1.29 is 14.6 Å². The van der Waals surface area contributed by atoms with Crippen LogP contribution in [-0.4, -0.2) is 60.8 Å². The van der Waals surface area contributed by atoms with E-state index in [9.17, 15) is 9.90 Å². The van der Waals surface area contributed by atoms with E-state index in [0.717, 1.165) is 40.9 Å². The van der Waals surface area contributed by atoms with Crippen LogP contribution in [0.4, 0.5) is 0 Å². The number of amides is 1. The number of fused-ring (bicyclic) bond motifs is 1. The molecule has 4 heterocycles. The molecule has 0 saturated carbocycles. The topological polar surface area (TPSA) is 106 Å². The summed E-state index contributed by atoms with van der Waals surface area (Å²) in [5.41, 5.74) is 2.51. The van der Waals surface area contributed by atoms with Crippen molar-refractivity contribution in [3.63, 3.8) is 0 Å². The fourth-order valence-electron chi connectivity index (χ4n) is 4.90. The second-order valence-electron chi connectivity index (χ2n) is 10.2. The molecule has 0 radical (unpaired) electrons. The van der Waals surface area contributed by atoms with Gasteiger partial charge >= 0.3 is 0 Å². The van der Waals surface area contributed by atoms with Crippen LogP contribution in [0.15, 0.2) is 29.8 Å². The summed E-state index contributed by atoms with van der Waals surface area (Å²) in [5.74, 6) is 1.32. The number of carbonyl (C=O) groups excluding carboxylic acids is 1. The molecule has 37 heavy (non-hydrogen) atoms. The van der Waals surface area contributed by atoms with Crippen LogP contribution >= 0.6 is 11.3 Å². The molecule has 5 rings (SSSR count). The van der Waals surface area contributed by atoms with Crippen molar-refractivity contribution in [2.45, 2.75) is 45.6 Å². The lowest BCUT2D eigenvalue weighted by atomic mass is 9.92. The predicted octanol–water partition coefficient (Wildman–Crippen LogP) is 4.13. The third-order valence-corrected chi connectivity index (χ3v) is 7.74. The molecule has 1 N–H and O–H groups in total. The zero-order valence-corrected chi connectivity index (χ0v) is 22.7. The Morgan fingerprint density at radius 1 is 1.24 bits per heavy atom. The van der Waals surface area contributed by atoms with Crippen molar-refractivity contribution in [1.29, 1.82) is 0 Å². The van der Waals surface area contributed by atoms with Crippen molar-refractivity contribution in [3.8, 4) is 17.1 Å². The fourth-order valence-corrected chi connectivity index (χ4v) is 5.53. The molecule has 1 aliphatic heterocycles. The van der Waals surface area contributed by atoms with Gasteiger partial charge in [-0.1, -0.05) is 0 Å². The standard InChI is InChI=1S/C27H32N6O3S/c1-16-29-18(15-37-16)12-17-7-10-33(11-8-17)25(34)20-13-19-22(14-23(20)36-5)32(4)31-24(19)21-6-9-28-26(30-21)27(2,3)35/h6,9,13-15,17,35H,7-8,10-12H2,1-5H3. The quantitative estimate of drug-likeness (QED) is 0.407. The first-order chi connectivity index (χ1) is 17.6. The van der Waals surface area contributed by atoms with Crippen LogP contribution < -0.4 is 4.74 Å². The maximum absolute atomic E-state index is 13.7. The van der Waals surface area contributed by atoms with E-state index in [1.165, 1.54) is 0 Å². The Hall–Kier alpha value is -3.37. The van der Waals surface area contributed by atoms with Crippen LogP contribution in [-0.2, 0) is 19.1 Å². The van der Waals surface area contributed by atoms with Gasteiger partial charge < -0.3 is 14.7 Å². The number of aryl methyl sites for hydroxylation is 2. The van der Waals surface area contributed by atoms with Gasteiger partial charge in [0.05, 0.1) is 34.6 Å². The van der Waals surface area contributed by atoms with Crippen LogP contribution in [0.5, 0.6) is 5.75 Å². The molecule has 1 aromatic carbocycles. The fraction of sp³-hybridized carbons (Fsp3) is 0.444. The highest BCUT2D eigenvalue weighted by Crippen LogP contribution is 2.34. The van der Waals surface area contributed by atoms with Gasteiger partial charge in [-0.2, -0.15) is 5.10 Å². The normalized spacial score (nSPS) is 14.9. The predicted molar refractivity (Wildman–Crippen MR) is 143 cm³/mol. The molecule has 3 aromatic heterocycles. The van der Waals surface area contributed by atoms with Crippen molar-refractivity contribution in [2.75, 3.05) is 20.2 Å². The molecule has 10 heteroatoms. The summed E-state index contributed by atoms with van der Waals surface area (Å²) in [5, 5.41) is 19.1. The summed E-state index contributed by atoms with van der Waals surface area (Å²) >= 11 is 1.69. The van der Waals surface area contributed by atoms with Gasteiger partial charge in [0.15, 0.2) is 5.82 Å². The number of nitrogens with zero attached hydrogens (tertiary/aromatic N) is 6. The number of hydrogen-bond acceptors (Lipinski definition) is 8. The van der Waals surface area contributed by atoms with Gasteiger partial charge in [0.2, 0.25) is 0 Å². The number of thiazole rings is 1.